The Balaban J connectivity index is 1.77. The number of para-hydroxylation sites is 1. The number of nitrogens with one attached hydrogen (secondary N) is 1. The van der Waals surface area contributed by atoms with Gasteiger partial charge in [0.15, 0.2) is 0 Å². The van der Waals surface area contributed by atoms with Crippen LogP contribution in [0, 0.1) is 11.3 Å². The third-order valence-corrected chi connectivity index (χ3v) is 4.22. The van der Waals surface area contributed by atoms with Crippen molar-refractivity contribution >= 4 is 34.8 Å². The van der Waals surface area contributed by atoms with Crippen LogP contribution in [0.4, 0.5) is 5.69 Å². The van der Waals surface area contributed by atoms with E-state index in [1.165, 1.54) is 0 Å². The summed E-state index contributed by atoms with van der Waals surface area (Å²) >= 11 is 12.1. The normalized spacial score (nSPS) is 11.7. The number of ether oxygens (including phenoxy) is 1. The van der Waals surface area contributed by atoms with Gasteiger partial charge in [-0.1, -0.05) is 29.3 Å². The fraction of sp³-hybridized carbons (Fsp3) is 0.263. The molecule has 0 heterocycles. The molecule has 0 radical (unpaired) electrons. The Hall–Kier alpha value is -2.30. The van der Waals surface area contributed by atoms with Crippen LogP contribution in [0.5, 0.6) is 5.75 Å². The number of carbonyl (C=O) groups is 1. The summed E-state index contributed by atoms with van der Waals surface area (Å²) in [6.45, 7) is 0.351. The Labute approximate surface area is 167 Å². The highest BCUT2D eigenvalue weighted by atomic mass is 35.5. The molecular weight excluding hydrogens is 389 g/mol. The number of nitriles is 1. The second-order valence-corrected chi connectivity index (χ2v) is 6.76. The summed E-state index contributed by atoms with van der Waals surface area (Å²) in [7, 11) is 1.71. The molecular formula is C19H19Cl2N3O3. The van der Waals surface area contributed by atoms with Gasteiger partial charge in [0, 0.05) is 6.54 Å². The smallest absolute Gasteiger partial charge is 0.238 e. The van der Waals surface area contributed by atoms with Crippen LogP contribution in [0.2, 0.25) is 10.0 Å². The van der Waals surface area contributed by atoms with E-state index in [0.29, 0.717) is 27.0 Å². The van der Waals surface area contributed by atoms with E-state index in [1.807, 2.05) is 6.07 Å². The number of aliphatic hydroxyl groups is 1. The molecule has 0 bridgehead atoms. The maximum absolute atomic E-state index is 12.1. The SMILES string of the molecule is CN(CC(=O)Nc1c(Cl)cccc1Cl)CC(O)COc1ccc(C#N)cc1. The minimum absolute atomic E-state index is 0.0511. The van der Waals surface area contributed by atoms with E-state index in [-0.39, 0.29) is 25.6 Å². The van der Waals surface area contributed by atoms with Crippen LogP contribution < -0.4 is 10.1 Å². The number of hydrogen-bond acceptors (Lipinski definition) is 5. The summed E-state index contributed by atoms with van der Waals surface area (Å²) in [5.74, 6) is 0.259. The fourth-order valence-corrected chi connectivity index (χ4v) is 2.83. The average molecular weight is 408 g/mol. The van der Waals surface area contributed by atoms with Gasteiger partial charge in [0.1, 0.15) is 18.5 Å². The van der Waals surface area contributed by atoms with Crippen molar-refractivity contribution in [1.29, 1.82) is 5.26 Å². The molecule has 0 aliphatic carbocycles. The molecule has 2 aromatic carbocycles. The van der Waals surface area contributed by atoms with Gasteiger partial charge in [-0.05, 0) is 43.4 Å². The average Bonchev–Trinajstić information content (AvgIpc) is 2.63. The quantitative estimate of drug-likeness (QED) is 0.701. The van der Waals surface area contributed by atoms with Crippen LogP contribution >= 0.6 is 23.2 Å². The van der Waals surface area contributed by atoms with E-state index in [4.69, 9.17) is 33.2 Å². The fourth-order valence-electron chi connectivity index (χ4n) is 2.34. The molecule has 1 amide bonds. The van der Waals surface area contributed by atoms with Crippen molar-refractivity contribution in [2.75, 3.05) is 32.1 Å². The van der Waals surface area contributed by atoms with E-state index < -0.39 is 6.10 Å². The number of aliphatic hydroxyl groups excluding tert-OH is 1. The monoisotopic (exact) mass is 407 g/mol. The van der Waals surface area contributed by atoms with Crippen molar-refractivity contribution in [3.8, 4) is 11.8 Å². The standard InChI is InChI=1S/C19H19Cl2N3O3/c1-24(11-18(26)23-19-16(20)3-2-4-17(19)21)10-14(25)12-27-15-7-5-13(9-22)6-8-15/h2-8,14,25H,10-12H2,1H3,(H,23,26). The van der Waals surface area contributed by atoms with Gasteiger partial charge < -0.3 is 15.2 Å². The molecule has 0 aliphatic heterocycles. The zero-order valence-electron chi connectivity index (χ0n) is 14.7. The summed E-state index contributed by atoms with van der Waals surface area (Å²) in [5, 5.41) is 22.2. The van der Waals surface area contributed by atoms with Crippen molar-refractivity contribution < 1.29 is 14.6 Å². The summed E-state index contributed by atoms with van der Waals surface area (Å²) in [4.78, 5) is 13.8. The first-order chi connectivity index (χ1) is 12.9. The summed E-state index contributed by atoms with van der Waals surface area (Å²) in [5.41, 5.74) is 0.899. The van der Waals surface area contributed by atoms with Gasteiger partial charge >= 0.3 is 0 Å². The Morgan fingerprint density at radius 1 is 1.26 bits per heavy atom. The third-order valence-electron chi connectivity index (χ3n) is 3.59. The number of hydrogen-bond donors (Lipinski definition) is 2. The Morgan fingerprint density at radius 2 is 1.89 bits per heavy atom. The molecule has 27 heavy (non-hydrogen) atoms. The molecule has 0 fully saturated rings. The molecule has 6 nitrogen and oxygen atoms in total. The second-order valence-electron chi connectivity index (χ2n) is 5.94. The van der Waals surface area contributed by atoms with Crippen LogP contribution in [-0.4, -0.2) is 48.8 Å². The summed E-state index contributed by atoms with van der Waals surface area (Å²) in [6, 6.07) is 13.6. The lowest BCUT2D eigenvalue weighted by Crippen LogP contribution is -2.37. The maximum Gasteiger partial charge on any atom is 0.238 e. The van der Waals surface area contributed by atoms with E-state index in [1.54, 1.807) is 54.4 Å². The molecule has 0 saturated heterocycles. The molecule has 2 aromatic rings. The highest BCUT2D eigenvalue weighted by Crippen LogP contribution is 2.29. The molecule has 8 heteroatoms. The van der Waals surface area contributed by atoms with Gasteiger partial charge in [-0.15, -0.1) is 0 Å². The van der Waals surface area contributed by atoms with Crippen molar-refractivity contribution in [3.63, 3.8) is 0 Å². The number of carbonyl (C=O) groups excluding carboxylic acids is 1. The molecule has 0 aliphatic rings. The lowest BCUT2D eigenvalue weighted by Gasteiger charge is -2.20. The highest BCUT2D eigenvalue weighted by Gasteiger charge is 2.14. The van der Waals surface area contributed by atoms with Crippen molar-refractivity contribution in [3.05, 3.63) is 58.1 Å². The first kappa shape index (κ1) is 21.0. The van der Waals surface area contributed by atoms with Gasteiger partial charge in [0.2, 0.25) is 5.91 Å². The molecule has 0 spiro atoms. The van der Waals surface area contributed by atoms with E-state index in [9.17, 15) is 9.90 Å². The number of amides is 1. The highest BCUT2D eigenvalue weighted by molar-refractivity contribution is 6.39. The van der Waals surface area contributed by atoms with E-state index in [0.717, 1.165) is 0 Å². The molecule has 2 rings (SSSR count). The minimum Gasteiger partial charge on any atom is -0.491 e. The third kappa shape index (κ3) is 6.74. The molecule has 2 N–H and O–H groups in total. The Bertz CT molecular complexity index is 802. The molecule has 1 atom stereocenters. The van der Waals surface area contributed by atoms with Crippen LogP contribution in [-0.2, 0) is 4.79 Å². The number of halogens is 2. The predicted octanol–water partition coefficient (Wildman–Crippen LogP) is 3.18. The van der Waals surface area contributed by atoms with Gasteiger partial charge in [-0.25, -0.2) is 0 Å². The number of rotatable bonds is 8. The van der Waals surface area contributed by atoms with Gasteiger partial charge in [0.05, 0.1) is 33.9 Å². The first-order valence-corrected chi connectivity index (χ1v) is 8.88. The number of anilines is 1. The molecule has 0 aromatic heterocycles. The first-order valence-electron chi connectivity index (χ1n) is 8.12. The zero-order chi connectivity index (χ0) is 19.8. The van der Waals surface area contributed by atoms with Gasteiger partial charge in [0.25, 0.3) is 0 Å². The Morgan fingerprint density at radius 3 is 2.48 bits per heavy atom. The maximum atomic E-state index is 12.1. The van der Waals surface area contributed by atoms with E-state index in [2.05, 4.69) is 5.32 Å². The molecule has 0 saturated carbocycles. The zero-order valence-corrected chi connectivity index (χ0v) is 16.2. The predicted molar refractivity (Wildman–Crippen MR) is 105 cm³/mol. The molecule has 1 unspecified atom stereocenters. The Kier molecular flexibility index (Phi) is 7.89. The van der Waals surface area contributed by atoms with Crippen LogP contribution in [0.25, 0.3) is 0 Å². The number of nitrogens with zero attached hydrogens (tertiary/aromatic N) is 2. The van der Waals surface area contributed by atoms with Gasteiger partial charge in [-0.2, -0.15) is 5.26 Å². The van der Waals surface area contributed by atoms with Crippen molar-refractivity contribution in [1.82, 2.24) is 4.90 Å². The lowest BCUT2D eigenvalue weighted by atomic mass is 10.2. The van der Waals surface area contributed by atoms with Crippen LogP contribution in [0.15, 0.2) is 42.5 Å². The molecule has 142 valence electrons. The van der Waals surface area contributed by atoms with Crippen molar-refractivity contribution in [2.45, 2.75) is 6.10 Å². The largest absolute Gasteiger partial charge is 0.491 e. The number of likely N-dealkylation sites (N-methyl/N-ethyl adjacent to an activating group) is 1. The van der Waals surface area contributed by atoms with Gasteiger partial charge in [-0.3, -0.25) is 9.69 Å². The van der Waals surface area contributed by atoms with Crippen LogP contribution in [0.3, 0.4) is 0 Å². The topological polar surface area (TPSA) is 85.6 Å². The second kappa shape index (κ2) is 10.1. The summed E-state index contributed by atoms with van der Waals surface area (Å²) < 4.78 is 5.48. The minimum atomic E-state index is -0.789. The summed E-state index contributed by atoms with van der Waals surface area (Å²) in [6.07, 6.45) is -0.789. The van der Waals surface area contributed by atoms with Crippen LogP contribution in [0.1, 0.15) is 5.56 Å². The van der Waals surface area contributed by atoms with E-state index >= 15 is 0 Å². The van der Waals surface area contributed by atoms with Crippen molar-refractivity contribution in [2.24, 2.45) is 0 Å². The number of benzene rings is 2. The lowest BCUT2D eigenvalue weighted by molar-refractivity contribution is -0.117.